The molecule has 0 bridgehead atoms. The van der Waals surface area contributed by atoms with Gasteiger partial charge < -0.3 is 14.5 Å². The molecular weight excluding hydrogens is 482 g/mol. The van der Waals surface area contributed by atoms with Gasteiger partial charge in [-0.3, -0.25) is 4.79 Å². The minimum atomic E-state index is 0.201. The lowest BCUT2D eigenvalue weighted by atomic mass is 9.84. The van der Waals surface area contributed by atoms with Crippen LogP contribution in [0.4, 0.5) is 5.82 Å². The normalized spacial score (nSPS) is 21.8. The fourth-order valence-electron chi connectivity index (χ4n) is 7.51. The number of aromatic nitrogens is 1. The van der Waals surface area contributed by atoms with E-state index in [1.807, 2.05) is 0 Å². The number of benzene rings is 2. The maximum Gasteiger partial charge on any atom is 0.254 e. The van der Waals surface area contributed by atoms with Crippen LogP contribution in [0.2, 0.25) is 0 Å². The van der Waals surface area contributed by atoms with Crippen LogP contribution in [0.3, 0.4) is 0 Å². The molecule has 0 spiro atoms. The highest BCUT2D eigenvalue weighted by Gasteiger charge is 2.33. The highest BCUT2D eigenvalue weighted by atomic mass is 16.5. The molecule has 4 aliphatic rings. The first kappa shape index (κ1) is 24.9. The maximum atomic E-state index is 14.4. The third kappa shape index (κ3) is 5.01. The van der Waals surface area contributed by atoms with Gasteiger partial charge in [0.05, 0.1) is 17.7 Å². The molecule has 3 aliphatic heterocycles. The summed E-state index contributed by atoms with van der Waals surface area (Å²) in [5, 5.41) is 0.974. The second kappa shape index (κ2) is 10.8. The summed E-state index contributed by atoms with van der Waals surface area (Å²) in [7, 11) is 0. The van der Waals surface area contributed by atoms with E-state index in [1.165, 1.54) is 56.9 Å². The molecule has 3 fully saturated rings. The van der Waals surface area contributed by atoms with Gasteiger partial charge in [0, 0.05) is 31.1 Å². The number of amides is 1. The zero-order valence-electron chi connectivity index (χ0n) is 23.2. The van der Waals surface area contributed by atoms with E-state index >= 15 is 0 Å². The second-order valence-corrected chi connectivity index (χ2v) is 12.3. The van der Waals surface area contributed by atoms with Crippen molar-refractivity contribution in [3.8, 4) is 16.9 Å². The van der Waals surface area contributed by atoms with Crippen LogP contribution in [-0.2, 0) is 6.42 Å². The number of hydrogen-bond donors (Lipinski definition) is 0. The molecule has 7 rings (SSSR count). The average Bonchev–Trinajstić information content (AvgIpc) is 3.69. The predicted octanol–water partition coefficient (Wildman–Crippen LogP) is 7.40. The number of pyridine rings is 1. The molecule has 5 heteroatoms. The molecule has 2 aromatic carbocycles. The van der Waals surface area contributed by atoms with E-state index in [-0.39, 0.29) is 5.91 Å². The summed E-state index contributed by atoms with van der Waals surface area (Å²) in [6, 6.07) is 15.5. The smallest absolute Gasteiger partial charge is 0.254 e. The van der Waals surface area contributed by atoms with Crippen molar-refractivity contribution in [2.75, 3.05) is 31.1 Å². The van der Waals surface area contributed by atoms with Crippen molar-refractivity contribution >= 4 is 22.6 Å². The van der Waals surface area contributed by atoms with Gasteiger partial charge in [0.1, 0.15) is 11.6 Å². The monoisotopic (exact) mass is 523 g/mol. The summed E-state index contributed by atoms with van der Waals surface area (Å²) in [5.41, 5.74) is 5.29. The van der Waals surface area contributed by atoms with Crippen molar-refractivity contribution in [3.63, 3.8) is 0 Å². The Morgan fingerprint density at radius 1 is 0.846 bits per heavy atom. The number of fused-ring (bicyclic) bond motifs is 2. The topological polar surface area (TPSA) is 45.7 Å². The number of anilines is 1. The zero-order valence-corrected chi connectivity index (χ0v) is 23.2. The SMILES string of the molecule is O=C(c1cc(N2CCCC2)nc2ccc(-c3ccc4c(c3)OCCC4)cc12)N1CCC[C@H]1CC1CCCCC1. The van der Waals surface area contributed by atoms with E-state index in [1.54, 1.807) is 0 Å². The lowest BCUT2D eigenvalue weighted by molar-refractivity contribution is 0.0713. The van der Waals surface area contributed by atoms with Gasteiger partial charge in [0.2, 0.25) is 0 Å². The number of carbonyl (C=O) groups is 1. The van der Waals surface area contributed by atoms with E-state index in [9.17, 15) is 4.79 Å². The molecule has 1 aromatic heterocycles. The number of ether oxygens (including phenoxy) is 1. The molecule has 39 heavy (non-hydrogen) atoms. The summed E-state index contributed by atoms with van der Waals surface area (Å²) < 4.78 is 5.97. The van der Waals surface area contributed by atoms with Crippen molar-refractivity contribution in [2.24, 2.45) is 5.92 Å². The number of nitrogens with zero attached hydrogens (tertiary/aromatic N) is 3. The van der Waals surface area contributed by atoms with Crippen LogP contribution >= 0.6 is 0 Å². The van der Waals surface area contributed by atoms with Gasteiger partial charge in [0.15, 0.2) is 0 Å². The number of rotatable bonds is 5. The van der Waals surface area contributed by atoms with Crippen molar-refractivity contribution < 1.29 is 9.53 Å². The van der Waals surface area contributed by atoms with Crippen molar-refractivity contribution in [2.45, 2.75) is 83.1 Å². The van der Waals surface area contributed by atoms with E-state index < -0.39 is 0 Å². The molecule has 0 radical (unpaired) electrons. The lowest BCUT2D eigenvalue weighted by Crippen LogP contribution is -2.37. The van der Waals surface area contributed by atoms with Gasteiger partial charge in [0.25, 0.3) is 5.91 Å². The van der Waals surface area contributed by atoms with Crippen LogP contribution in [0.25, 0.3) is 22.0 Å². The molecule has 5 nitrogen and oxygen atoms in total. The summed E-state index contributed by atoms with van der Waals surface area (Å²) in [6.07, 6.45) is 14.7. The summed E-state index contributed by atoms with van der Waals surface area (Å²) >= 11 is 0. The first-order valence-corrected chi connectivity index (χ1v) is 15.5. The fourth-order valence-corrected chi connectivity index (χ4v) is 7.51. The van der Waals surface area contributed by atoms with Gasteiger partial charge in [-0.2, -0.15) is 0 Å². The molecular formula is C34H41N3O2. The number of aryl methyl sites for hydroxylation is 1. The molecule has 1 amide bonds. The third-order valence-electron chi connectivity index (χ3n) is 9.67. The van der Waals surface area contributed by atoms with E-state index in [0.29, 0.717) is 6.04 Å². The Hall–Kier alpha value is -3.08. The Bertz CT molecular complexity index is 1360. The Kier molecular flexibility index (Phi) is 6.92. The Balaban J connectivity index is 1.26. The van der Waals surface area contributed by atoms with Gasteiger partial charge in [-0.25, -0.2) is 4.98 Å². The highest BCUT2D eigenvalue weighted by molar-refractivity contribution is 6.08. The number of likely N-dealkylation sites (tertiary alicyclic amines) is 1. The standard InChI is InChI=1S/C34H41N3O2/c38-34(37-18-6-11-28(37)20-24-8-2-1-3-9-24)30-23-33(36-16-4-5-17-36)35-31-15-14-26(21-29(30)31)27-13-12-25-10-7-19-39-32(25)22-27/h12-15,21-24,28H,1-11,16-20H2/t28-/m0/s1. The van der Waals surface area contributed by atoms with E-state index in [4.69, 9.17) is 9.72 Å². The molecule has 4 heterocycles. The largest absolute Gasteiger partial charge is 0.493 e. The molecule has 2 saturated heterocycles. The maximum absolute atomic E-state index is 14.4. The first-order valence-electron chi connectivity index (χ1n) is 15.5. The van der Waals surface area contributed by atoms with Crippen LogP contribution in [0, 0.1) is 5.92 Å². The predicted molar refractivity (Wildman–Crippen MR) is 158 cm³/mol. The molecule has 1 saturated carbocycles. The van der Waals surface area contributed by atoms with Crippen LogP contribution in [0.5, 0.6) is 5.75 Å². The molecule has 204 valence electrons. The average molecular weight is 524 g/mol. The molecule has 3 aromatic rings. The van der Waals surface area contributed by atoms with Crippen LogP contribution in [0.15, 0.2) is 42.5 Å². The quantitative estimate of drug-likeness (QED) is 0.349. The Morgan fingerprint density at radius 2 is 1.67 bits per heavy atom. The zero-order chi connectivity index (χ0) is 26.2. The second-order valence-electron chi connectivity index (χ2n) is 12.3. The minimum absolute atomic E-state index is 0.201. The number of carbonyl (C=O) groups excluding carboxylic acids is 1. The van der Waals surface area contributed by atoms with E-state index in [2.05, 4.69) is 52.3 Å². The van der Waals surface area contributed by atoms with Crippen LogP contribution in [-0.4, -0.2) is 48.1 Å². The highest BCUT2D eigenvalue weighted by Crippen LogP contribution is 2.36. The van der Waals surface area contributed by atoms with Gasteiger partial charge in [-0.05, 0) is 91.8 Å². The first-order chi connectivity index (χ1) is 19.2. The Morgan fingerprint density at radius 3 is 2.54 bits per heavy atom. The fraction of sp³-hybridized carbons (Fsp3) is 0.529. The number of hydrogen-bond acceptors (Lipinski definition) is 4. The summed E-state index contributed by atoms with van der Waals surface area (Å²) in [5.74, 6) is 2.94. The molecule has 1 aliphatic carbocycles. The van der Waals surface area contributed by atoms with Crippen molar-refractivity contribution in [1.82, 2.24) is 9.88 Å². The van der Waals surface area contributed by atoms with Crippen LogP contribution in [0.1, 0.15) is 86.6 Å². The van der Waals surface area contributed by atoms with Gasteiger partial charge in [-0.15, -0.1) is 0 Å². The van der Waals surface area contributed by atoms with E-state index in [0.717, 1.165) is 97.0 Å². The Labute approximate surface area is 232 Å². The van der Waals surface area contributed by atoms with Crippen LogP contribution < -0.4 is 9.64 Å². The van der Waals surface area contributed by atoms with Crippen molar-refractivity contribution in [1.29, 1.82) is 0 Å². The lowest BCUT2D eigenvalue weighted by Gasteiger charge is -2.31. The molecule has 0 unspecified atom stereocenters. The minimum Gasteiger partial charge on any atom is -0.493 e. The molecule has 1 atom stereocenters. The third-order valence-corrected chi connectivity index (χ3v) is 9.67. The molecule has 0 N–H and O–H groups in total. The summed E-state index contributed by atoms with van der Waals surface area (Å²) in [6.45, 7) is 3.70. The van der Waals surface area contributed by atoms with Gasteiger partial charge >= 0.3 is 0 Å². The summed E-state index contributed by atoms with van der Waals surface area (Å²) in [4.78, 5) is 24.0. The van der Waals surface area contributed by atoms with Gasteiger partial charge in [-0.1, -0.05) is 50.3 Å². The van der Waals surface area contributed by atoms with Crippen molar-refractivity contribution in [3.05, 3.63) is 53.6 Å².